The van der Waals surface area contributed by atoms with Gasteiger partial charge in [-0.05, 0) is 36.5 Å². The van der Waals surface area contributed by atoms with Crippen molar-refractivity contribution in [2.75, 3.05) is 6.54 Å². The van der Waals surface area contributed by atoms with Crippen LogP contribution in [-0.4, -0.2) is 11.7 Å². The summed E-state index contributed by atoms with van der Waals surface area (Å²) < 4.78 is 50.9. The van der Waals surface area contributed by atoms with Gasteiger partial charge in [-0.3, -0.25) is 0 Å². The van der Waals surface area contributed by atoms with E-state index in [9.17, 15) is 22.7 Å². The first-order valence-electron chi connectivity index (χ1n) is 5.58. The normalized spacial score (nSPS) is 19.7. The van der Waals surface area contributed by atoms with E-state index in [1.807, 2.05) is 0 Å². The number of rotatable bonds is 3. The van der Waals surface area contributed by atoms with Crippen molar-refractivity contribution < 1.29 is 22.7 Å². The molecule has 0 bridgehead atoms. The molecule has 0 amide bonds. The molecule has 0 radical (unpaired) electrons. The molecule has 0 saturated heterocycles. The van der Waals surface area contributed by atoms with Crippen LogP contribution in [0.25, 0.3) is 0 Å². The highest BCUT2D eigenvalue weighted by molar-refractivity contribution is 5.33. The Hall–Kier alpha value is -1.14. The van der Waals surface area contributed by atoms with Crippen LogP contribution >= 0.6 is 0 Å². The van der Waals surface area contributed by atoms with Gasteiger partial charge in [-0.2, -0.15) is 13.2 Å². The fourth-order valence-corrected chi connectivity index (χ4v) is 2.09. The highest BCUT2D eigenvalue weighted by Crippen LogP contribution is 2.46. The van der Waals surface area contributed by atoms with Crippen LogP contribution in [0.15, 0.2) is 18.2 Å². The van der Waals surface area contributed by atoms with Crippen molar-refractivity contribution in [3.63, 3.8) is 0 Å². The molecule has 1 unspecified atom stereocenters. The van der Waals surface area contributed by atoms with Crippen molar-refractivity contribution >= 4 is 0 Å². The van der Waals surface area contributed by atoms with Gasteiger partial charge in [-0.25, -0.2) is 4.39 Å². The van der Waals surface area contributed by atoms with Crippen LogP contribution in [0, 0.1) is 11.7 Å². The first kappa shape index (κ1) is 13.3. The zero-order valence-electron chi connectivity index (χ0n) is 9.47. The maximum atomic E-state index is 13.1. The zero-order valence-corrected chi connectivity index (χ0v) is 9.47. The molecule has 1 aliphatic rings. The molecule has 1 aliphatic carbocycles. The van der Waals surface area contributed by atoms with Gasteiger partial charge in [-0.15, -0.1) is 0 Å². The molecule has 0 spiro atoms. The average Bonchev–Trinajstić information content (AvgIpc) is 3.11. The minimum atomic E-state index is -4.78. The largest absolute Gasteiger partial charge is 0.419 e. The van der Waals surface area contributed by atoms with Crippen molar-refractivity contribution in [1.82, 2.24) is 0 Å². The Balaban J connectivity index is 2.46. The predicted molar refractivity (Wildman–Crippen MR) is 57.1 cm³/mol. The summed E-state index contributed by atoms with van der Waals surface area (Å²) >= 11 is 0. The van der Waals surface area contributed by atoms with Crippen LogP contribution in [-0.2, 0) is 11.8 Å². The molecule has 100 valence electrons. The Morgan fingerprint density at radius 1 is 1.28 bits per heavy atom. The molecular weight excluding hydrogens is 250 g/mol. The zero-order chi connectivity index (χ0) is 13.6. The van der Waals surface area contributed by atoms with E-state index >= 15 is 0 Å². The molecule has 6 heteroatoms. The molecule has 18 heavy (non-hydrogen) atoms. The second kappa shape index (κ2) is 4.20. The molecule has 1 aromatic rings. The summed E-state index contributed by atoms with van der Waals surface area (Å²) in [6.45, 7) is -0.180. The molecule has 0 aliphatic heterocycles. The molecule has 2 rings (SSSR count). The highest BCUT2D eigenvalue weighted by Gasteiger charge is 2.45. The lowest BCUT2D eigenvalue weighted by Gasteiger charge is -2.27. The summed E-state index contributed by atoms with van der Waals surface area (Å²) in [5, 5.41) is 10.3. The van der Waals surface area contributed by atoms with Gasteiger partial charge in [0.25, 0.3) is 0 Å². The lowest BCUT2D eigenvalue weighted by Crippen LogP contribution is -2.37. The number of alkyl halides is 3. The van der Waals surface area contributed by atoms with E-state index in [0.29, 0.717) is 18.9 Å². The van der Waals surface area contributed by atoms with Crippen LogP contribution in [0.1, 0.15) is 24.0 Å². The van der Waals surface area contributed by atoms with Gasteiger partial charge in [0.15, 0.2) is 0 Å². The quantitative estimate of drug-likeness (QED) is 0.822. The van der Waals surface area contributed by atoms with Crippen molar-refractivity contribution in [2.24, 2.45) is 11.7 Å². The second-order valence-corrected chi connectivity index (χ2v) is 4.60. The van der Waals surface area contributed by atoms with Crippen molar-refractivity contribution in [3.8, 4) is 0 Å². The summed E-state index contributed by atoms with van der Waals surface area (Å²) in [6, 6.07) is 2.54. The van der Waals surface area contributed by atoms with E-state index in [4.69, 9.17) is 5.73 Å². The third-order valence-corrected chi connectivity index (χ3v) is 3.34. The topological polar surface area (TPSA) is 46.2 Å². The molecule has 1 fully saturated rings. The Morgan fingerprint density at radius 2 is 1.89 bits per heavy atom. The molecule has 0 heterocycles. The van der Waals surface area contributed by atoms with E-state index in [1.54, 1.807) is 0 Å². The smallest absolute Gasteiger partial charge is 0.384 e. The Morgan fingerprint density at radius 3 is 2.33 bits per heavy atom. The minimum absolute atomic E-state index is 0.0289. The maximum absolute atomic E-state index is 13.1. The number of aliphatic hydroxyl groups is 1. The first-order chi connectivity index (χ1) is 8.29. The second-order valence-electron chi connectivity index (χ2n) is 4.60. The number of benzene rings is 1. The molecule has 1 aromatic carbocycles. The van der Waals surface area contributed by atoms with E-state index in [-0.39, 0.29) is 18.0 Å². The standard InChI is InChI=1S/C12H13F4NO/c13-10-4-3-8(5-9(10)12(14,15)16)11(18,6-17)7-1-2-7/h3-5,7,18H,1-2,6,17H2. The van der Waals surface area contributed by atoms with Gasteiger partial charge in [-0.1, -0.05) is 6.07 Å². The van der Waals surface area contributed by atoms with Crippen LogP contribution < -0.4 is 5.73 Å². The van der Waals surface area contributed by atoms with E-state index in [2.05, 4.69) is 0 Å². The van der Waals surface area contributed by atoms with Crippen molar-refractivity contribution in [1.29, 1.82) is 0 Å². The molecule has 3 N–H and O–H groups in total. The lowest BCUT2D eigenvalue weighted by atomic mass is 9.87. The van der Waals surface area contributed by atoms with Crippen LogP contribution in [0.4, 0.5) is 17.6 Å². The summed E-state index contributed by atoms with van der Waals surface area (Å²) in [6.07, 6.45) is -3.35. The van der Waals surface area contributed by atoms with Crippen LogP contribution in [0.2, 0.25) is 0 Å². The van der Waals surface area contributed by atoms with E-state index in [0.717, 1.165) is 12.1 Å². The van der Waals surface area contributed by atoms with Gasteiger partial charge in [0.05, 0.1) is 5.56 Å². The Bertz CT molecular complexity index is 456. The average molecular weight is 263 g/mol. The van der Waals surface area contributed by atoms with Gasteiger partial charge < -0.3 is 10.8 Å². The maximum Gasteiger partial charge on any atom is 0.419 e. The summed E-state index contributed by atoms with van der Waals surface area (Å²) in [5.74, 6) is -1.49. The van der Waals surface area contributed by atoms with Gasteiger partial charge in [0.2, 0.25) is 0 Å². The third-order valence-electron chi connectivity index (χ3n) is 3.34. The van der Waals surface area contributed by atoms with E-state index < -0.39 is 23.2 Å². The summed E-state index contributed by atoms with van der Waals surface area (Å²) in [4.78, 5) is 0. The molecule has 0 aromatic heterocycles. The minimum Gasteiger partial charge on any atom is -0.384 e. The number of hydrogen-bond donors (Lipinski definition) is 2. The lowest BCUT2D eigenvalue weighted by molar-refractivity contribution is -0.140. The van der Waals surface area contributed by atoms with Crippen molar-refractivity contribution in [2.45, 2.75) is 24.6 Å². The molecule has 2 nitrogen and oxygen atoms in total. The fraction of sp³-hybridized carbons (Fsp3) is 0.500. The van der Waals surface area contributed by atoms with Gasteiger partial charge >= 0.3 is 6.18 Å². The SMILES string of the molecule is NCC(O)(c1ccc(F)c(C(F)(F)F)c1)C1CC1. The van der Waals surface area contributed by atoms with Crippen LogP contribution in [0.3, 0.4) is 0 Å². The Kier molecular flexibility index (Phi) is 3.11. The van der Waals surface area contributed by atoms with Gasteiger partial charge in [0.1, 0.15) is 11.4 Å². The van der Waals surface area contributed by atoms with E-state index in [1.165, 1.54) is 0 Å². The molecule has 1 saturated carbocycles. The number of hydrogen-bond acceptors (Lipinski definition) is 2. The summed E-state index contributed by atoms with van der Waals surface area (Å²) in [5.41, 5.74) is 2.62. The third kappa shape index (κ3) is 2.22. The molecule has 1 atom stereocenters. The van der Waals surface area contributed by atoms with Crippen LogP contribution in [0.5, 0.6) is 0 Å². The predicted octanol–water partition coefficient (Wildman–Crippen LogP) is 2.40. The Labute approximate surface area is 101 Å². The molecular formula is C12H13F4NO. The first-order valence-corrected chi connectivity index (χ1v) is 5.58. The highest BCUT2D eigenvalue weighted by atomic mass is 19.4. The number of nitrogens with two attached hydrogens (primary N) is 1. The number of halogens is 4. The monoisotopic (exact) mass is 263 g/mol. The van der Waals surface area contributed by atoms with Crippen molar-refractivity contribution in [3.05, 3.63) is 35.1 Å². The fourth-order valence-electron chi connectivity index (χ4n) is 2.09. The van der Waals surface area contributed by atoms with Gasteiger partial charge in [0, 0.05) is 6.54 Å². The summed E-state index contributed by atoms with van der Waals surface area (Å²) in [7, 11) is 0.